The van der Waals surface area contributed by atoms with E-state index in [1.807, 2.05) is 54.6 Å². The van der Waals surface area contributed by atoms with Gasteiger partial charge in [0.1, 0.15) is 5.75 Å². The lowest BCUT2D eigenvalue weighted by molar-refractivity contribution is -0.135. The topological polar surface area (TPSA) is 65.5 Å². The third-order valence-electron chi connectivity index (χ3n) is 5.08. The first-order valence-electron chi connectivity index (χ1n) is 9.86. The van der Waals surface area contributed by atoms with Crippen molar-refractivity contribution in [1.82, 2.24) is 14.8 Å². The molecule has 30 heavy (non-hydrogen) atoms. The molecule has 3 rings (SSSR count). The number of methoxy groups -OCH3 is 1. The minimum absolute atomic E-state index is 0.0492. The van der Waals surface area contributed by atoms with E-state index in [1.165, 1.54) is 4.90 Å². The van der Waals surface area contributed by atoms with Crippen molar-refractivity contribution in [2.75, 3.05) is 41.3 Å². The molecule has 7 heteroatoms. The van der Waals surface area contributed by atoms with Gasteiger partial charge in [0.25, 0.3) is 5.91 Å². The summed E-state index contributed by atoms with van der Waals surface area (Å²) in [6, 6.07) is 17.4. The van der Waals surface area contributed by atoms with Crippen LogP contribution < -0.4 is 4.74 Å². The van der Waals surface area contributed by atoms with Gasteiger partial charge in [-0.05, 0) is 30.3 Å². The predicted molar refractivity (Wildman–Crippen MR) is 116 cm³/mol. The second-order valence-corrected chi connectivity index (χ2v) is 7.60. The van der Waals surface area contributed by atoms with Crippen LogP contribution in [-0.2, 0) is 9.59 Å². The first kappa shape index (κ1) is 21.5. The Hall–Kier alpha value is -3.19. The Kier molecular flexibility index (Phi) is 6.84. The van der Waals surface area contributed by atoms with Crippen molar-refractivity contribution in [3.05, 3.63) is 65.7 Å². The second-order valence-electron chi connectivity index (χ2n) is 7.60. The molecule has 1 aliphatic heterocycles. The van der Waals surface area contributed by atoms with Gasteiger partial charge in [-0.1, -0.05) is 42.5 Å². The Labute approximate surface area is 177 Å². The maximum absolute atomic E-state index is 13.1. The van der Waals surface area contributed by atoms with Gasteiger partial charge in [-0.2, -0.15) is 5.10 Å². The Morgan fingerprint density at radius 1 is 1.03 bits per heavy atom. The van der Waals surface area contributed by atoms with Crippen LogP contribution in [0.2, 0.25) is 0 Å². The summed E-state index contributed by atoms with van der Waals surface area (Å²) in [7, 11) is 6.80. The van der Waals surface area contributed by atoms with E-state index < -0.39 is 0 Å². The number of hydrogen-bond acceptors (Lipinski definition) is 5. The van der Waals surface area contributed by atoms with Crippen molar-refractivity contribution < 1.29 is 14.3 Å². The molecule has 0 fully saturated rings. The summed E-state index contributed by atoms with van der Waals surface area (Å²) in [6.45, 7) is 0.285. The third-order valence-corrected chi connectivity index (χ3v) is 5.08. The molecule has 1 atom stereocenters. The van der Waals surface area contributed by atoms with Gasteiger partial charge in [0.15, 0.2) is 0 Å². The van der Waals surface area contributed by atoms with Gasteiger partial charge in [-0.15, -0.1) is 0 Å². The van der Waals surface area contributed by atoms with Crippen molar-refractivity contribution in [3.63, 3.8) is 0 Å². The lowest BCUT2D eigenvalue weighted by atomic mass is 9.98. The Bertz CT molecular complexity index is 910. The van der Waals surface area contributed by atoms with Gasteiger partial charge < -0.3 is 9.64 Å². The van der Waals surface area contributed by atoms with Crippen LogP contribution in [0.5, 0.6) is 5.75 Å². The molecule has 7 nitrogen and oxygen atoms in total. The molecule has 2 aromatic carbocycles. The number of amides is 2. The molecule has 0 aliphatic carbocycles. The molecule has 0 spiro atoms. The molecule has 1 heterocycles. The number of likely N-dealkylation sites (N-methyl/N-ethyl adjacent to an activating group) is 2. The smallest absolute Gasteiger partial charge is 0.257 e. The van der Waals surface area contributed by atoms with Gasteiger partial charge in [0, 0.05) is 20.5 Å². The van der Waals surface area contributed by atoms with Crippen molar-refractivity contribution in [2.45, 2.75) is 12.5 Å². The zero-order valence-corrected chi connectivity index (χ0v) is 17.9. The van der Waals surface area contributed by atoms with Crippen LogP contribution in [0.25, 0.3) is 0 Å². The third kappa shape index (κ3) is 5.04. The van der Waals surface area contributed by atoms with Crippen LogP contribution in [0.4, 0.5) is 0 Å². The Morgan fingerprint density at radius 3 is 2.30 bits per heavy atom. The number of hydrogen-bond donors (Lipinski definition) is 0. The van der Waals surface area contributed by atoms with Gasteiger partial charge in [-0.25, -0.2) is 5.01 Å². The van der Waals surface area contributed by atoms with E-state index in [9.17, 15) is 9.59 Å². The summed E-state index contributed by atoms with van der Waals surface area (Å²) in [5.41, 5.74) is 2.87. The van der Waals surface area contributed by atoms with Gasteiger partial charge in [0.2, 0.25) is 5.91 Å². The highest BCUT2D eigenvalue weighted by atomic mass is 16.5. The quantitative estimate of drug-likeness (QED) is 0.706. The van der Waals surface area contributed by atoms with Crippen LogP contribution in [0.3, 0.4) is 0 Å². The minimum atomic E-state index is -0.198. The molecule has 2 amide bonds. The fourth-order valence-electron chi connectivity index (χ4n) is 3.36. The number of carbonyl (C=O) groups excluding carboxylic acids is 2. The van der Waals surface area contributed by atoms with Crippen molar-refractivity contribution in [1.29, 1.82) is 0 Å². The minimum Gasteiger partial charge on any atom is -0.497 e. The summed E-state index contributed by atoms with van der Waals surface area (Å²) in [5, 5.41) is 6.23. The zero-order valence-electron chi connectivity index (χ0n) is 17.9. The molecule has 0 saturated heterocycles. The summed E-state index contributed by atoms with van der Waals surface area (Å²) >= 11 is 0. The summed E-state index contributed by atoms with van der Waals surface area (Å²) in [5.74, 6) is 0.573. The lowest BCUT2D eigenvalue weighted by Crippen LogP contribution is -2.41. The number of carbonyl (C=O) groups is 2. The van der Waals surface area contributed by atoms with Crippen LogP contribution in [0.15, 0.2) is 59.7 Å². The summed E-state index contributed by atoms with van der Waals surface area (Å²) < 4.78 is 5.25. The maximum atomic E-state index is 13.1. The van der Waals surface area contributed by atoms with Crippen LogP contribution in [-0.4, -0.2) is 73.7 Å². The maximum Gasteiger partial charge on any atom is 0.257 e. The van der Waals surface area contributed by atoms with Gasteiger partial charge >= 0.3 is 0 Å². The molecule has 1 aliphatic rings. The average Bonchev–Trinajstić information content (AvgIpc) is 3.20. The molecule has 0 bridgehead atoms. The highest BCUT2D eigenvalue weighted by Gasteiger charge is 2.33. The zero-order chi connectivity index (χ0) is 21.7. The molecule has 2 aromatic rings. The lowest BCUT2D eigenvalue weighted by Gasteiger charge is -2.25. The van der Waals surface area contributed by atoms with Crippen LogP contribution in [0, 0.1) is 0 Å². The fraction of sp³-hybridized carbons (Fsp3) is 0.348. The number of nitrogens with zero attached hydrogens (tertiary/aromatic N) is 4. The average molecular weight is 409 g/mol. The highest BCUT2D eigenvalue weighted by Crippen LogP contribution is 2.33. The standard InChI is InChI=1S/C23H28N4O3/c1-25(2)22(28)15-26(3)16-23(29)27-21(18-10-12-19(30-4)13-11-18)14-20(24-27)17-8-6-5-7-9-17/h5-13,21H,14-16H2,1-4H3/t21-/m1/s1. The van der Waals surface area contributed by atoms with Crippen molar-refractivity contribution >= 4 is 17.5 Å². The molecule has 0 unspecified atom stereocenters. The van der Waals surface area contributed by atoms with Gasteiger partial charge in [-0.3, -0.25) is 14.5 Å². The Morgan fingerprint density at radius 2 is 1.70 bits per heavy atom. The molecule has 158 valence electrons. The number of benzene rings is 2. The van der Waals surface area contributed by atoms with Gasteiger partial charge in [0.05, 0.1) is 32.0 Å². The van der Waals surface area contributed by atoms with Crippen molar-refractivity contribution in [3.8, 4) is 5.75 Å². The largest absolute Gasteiger partial charge is 0.497 e. The van der Waals surface area contributed by atoms with E-state index in [0.717, 1.165) is 22.6 Å². The first-order chi connectivity index (χ1) is 14.4. The number of ether oxygens (including phenoxy) is 1. The van der Waals surface area contributed by atoms with E-state index in [2.05, 4.69) is 5.10 Å². The van der Waals surface area contributed by atoms with E-state index in [4.69, 9.17) is 4.74 Å². The molecular weight excluding hydrogens is 380 g/mol. The molecule has 0 radical (unpaired) electrons. The molecule has 0 saturated carbocycles. The normalized spacial score (nSPS) is 15.8. The summed E-state index contributed by atoms with van der Waals surface area (Å²) in [6.07, 6.45) is 0.627. The SMILES string of the molecule is COc1ccc([C@H]2CC(c3ccccc3)=NN2C(=O)CN(C)CC(=O)N(C)C)cc1. The molecular formula is C23H28N4O3. The van der Waals surface area contributed by atoms with Crippen molar-refractivity contribution in [2.24, 2.45) is 5.10 Å². The molecule has 0 aromatic heterocycles. The van der Waals surface area contributed by atoms with E-state index in [0.29, 0.717) is 6.42 Å². The first-order valence-corrected chi connectivity index (χ1v) is 9.86. The second kappa shape index (κ2) is 9.54. The fourth-order valence-corrected chi connectivity index (χ4v) is 3.36. The van der Waals surface area contributed by atoms with E-state index in [-0.39, 0.29) is 30.9 Å². The highest BCUT2D eigenvalue weighted by molar-refractivity contribution is 6.03. The van der Waals surface area contributed by atoms with E-state index >= 15 is 0 Å². The predicted octanol–water partition coefficient (Wildman–Crippen LogP) is 2.39. The Balaban J connectivity index is 1.82. The van der Waals surface area contributed by atoms with E-state index in [1.54, 1.807) is 38.2 Å². The number of hydrazone groups is 1. The van der Waals surface area contributed by atoms with Crippen LogP contribution in [0.1, 0.15) is 23.6 Å². The molecule has 0 N–H and O–H groups in total. The summed E-state index contributed by atoms with van der Waals surface area (Å²) in [4.78, 5) is 28.3. The number of rotatable bonds is 7. The van der Waals surface area contributed by atoms with Crippen LogP contribution >= 0.6 is 0 Å². The monoisotopic (exact) mass is 408 g/mol.